The highest BCUT2D eigenvalue weighted by molar-refractivity contribution is 5.97. The number of nitrogens with zero attached hydrogens (tertiary/aromatic N) is 3. The standard InChI is InChI=1S/C24H32N4O2/c1-18(2)15-28-22(17-27-12-6-9-21(27)24(28)30)23(29)25-20-10-13-26(14-11-20)16-19-7-4-3-5-8-19/h3-9,12,18,20,22H,10-11,13-17H2,1-2H3,(H,25,29). The van der Waals surface area contributed by atoms with E-state index in [4.69, 9.17) is 0 Å². The van der Waals surface area contributed by atoms with Gasteiger partial charge in [-0.3, -0.25) is 14.5 Å². The Morgan fingerprint density at radius 3 is 2.53 bits per heavy atom. The van der Waals surface area contributed by atoms with Gasteiger partial charge in [0, 0.05) is 38.4 Å². The number of nitrogens with one attached hydrogen (secondary N) is 1. The number of hydrogen-bond donors (Lipinski definition) is 1. The predicted octanol–water partition coefficient (Wildman–Crippen LogP) is 2.75. The van der Waals surface area contributed by atoms with E-state index in [1.165, 1.54) is 5.56 Å². The van der Waals surface area contributed by atoms with Crippen molar-refractivity contribution in [3.63, 3.8) is 0 Å². The van der Waals surface area contributed by atoms with E-state index in [-0.39, 0.29) is 17.9 Å². The van der Waals surface area contributed by atoms with Crippen molar-refractivity contribution in [2.24, 2.45) is 5.92 Å². The van der Waals surface area contributed by atoms with Crippen molar-refractivity contribution < 1.29 is 9.59 Å². The van der Waals surface area contributed by atoms with Crippen LogP contribution in [0.2, 0.25) is 0 Å². The minimum Gasteiger partial charge on any atom is -0.351 e. The molecular formula is C24H32N4O2. The Hall–Kier alpha value is -2.60. The number of hydrogen-bond acceptors (Lipinski definition) is 3. The number of amides is 2. The van der Waals surface area contributed by atoms with Crippen molar-refractivity contribution >= 4 is 11.8 Å². The fraction of sp³-hybridized carbons (Fsp3) is 0.500. The molecule has 0 spiro atoms. The molecule has 2 aliphatic rings. The molecule has 1 aromatic carbocycles. The molecule has 6 heteroatoms. The highest BCUT2D eigenvalue weighted by atomic mass is 16.2. The van der Waals surface area contributed by atoms with Gasteiger partial charge in [-0.15, -0.1) is 0 Å². The van der Waals surface area contributed by atoms with Crippen LogP contribution in [0.3, 0.4) is 0 Å². The molecule has 3 heterocycles. The summed E-state index contributed by atoms with van der Waals surface area (Å²) < 4.78 is 1.91. The van der Waals surface area contributed by atoms with Crippen LogP contribution < -0.4 is 5.32 Å². The number of carbonyl (C=O) groups is 2. The number of carbonyl (C=O) groups excluding carboxylic acids is 2. The largest absolute Gasteiger partial charge is 0.351 e. The van der Waals surface area contributed by atoms with Gasteiger partial charge in [0.15, 0.2) is 0 Å². The average Bonchev–Trinajstić information content (AvgIpc) is 3.21. The summed E-state index contributed by atoms with van der Waals surface area (Å²) in [4.78, 5) is 30.3. The molecule has 2 amide bonds. The van der Waals surface area contributed by atoms with E-state index in [1.54, 1.807) is 4.90 Å². The summed E-state index contributed by atoms with van der Waals surface area (Å²) in [6.45, 7) is 8.19. The summed E-state index contributed by atoms with van der Waals surface area (Å²) >= 11 is 0. The smallest absolute Gasteiger partial charge is 0.271 e. The Bertz CT molecular complexity index is 868. The van der Waals surface area contributed by atoms with E-state index < -0.39 is 6.04 Å². The number of benzene rings is 1. The van der Waals surface area contributed by atoms with Gasteiger partial charge < -0.3 is 14.8 Å². The van der Waals surface area contributed by atoms with Gasteiger partial charge in [0.05, 0.1) is 6.54 Å². The lowest BCUT2D eigenvalue weighted by Gasteiger charge is -2.38. The first-order valence-electron chi connectivity index (χ1n) is 11.0. The molecule has 1 saturated heterocycles. The van der Waals surface area contributed by atoms with Crippen LogP contribution in [0.5, 0.6) is 0 Å². The number of piperidine rings is 1. The molecule has 4 rings (SSSR count). The van der Waals surface area contributed by atoms with E-state index in [0.717, 1.165) is 32.5 Å². The highest BCUT2D eigenvalue weighted by Gasteiger charge is 2.37. The first kappa shape index (κ1) is 20.7. The summed E-state index contributed by atoms with van der Waals surface area (Å²) in [6, 6.07) is 14.0. The van der Waals surface area contributed by atoms with Crippen molar-refractivity contribution in [1.82, 2.24) is 19.7 Å². The van der Waals surface area contributed by atoms with Gasteiger partial charge in [-0.2, -0.15) is 0 Å². The molecule has 1 unspecified atom stereocenters. The lowest BCUT2D eigenvalue weighted by atomic mass is 10.0. The molecule has 160 valence electrons. The van der Waals surface area contributed by atoms with Gasteiger partial charge in [-0.05, 0) is 36.5 Å². The highest BCUT2D eigenvalue weighted by Crippen LogP contribution is 2.21. The molecule has 2 aromatic rings. The number of aromatic nitrogens is 1. The van der Waals surface area contributed by atoms with Crippen LogP contribution in [0, 0.1) is 5.92 Å². The van der Waals surface area contributed by atoms with Crippen LogP contribution in [-0.2, 0) is 17.9 Å². The van der Waals surface area contributed by atoms with Crippen LogP contribution >= 0.6 is 0 Å². The zero-order chi connectivity index (χ0) is 21.1. The van der Waals surface area contributed by atoms with E-state index in [1.807, 2.05) is 29.0 Å². The average molecular weight is 409 g/mol. The summed E-state index contributed by atoms with van der Waals surface area (Å²) in [5.41, 5.74) is 2.00. The Balaban J connectivity index is 1.35. The molecule has 0 bridgehead atoms. The molecular weight excluding hydrogens is 376 g/mol. The normalized spacial score (nSPS) is 20.4. The molecule has 1 aromatic heterocycles. The summed E-state index contributed by atoms with van der Waals surface area (Å²) in [5, 5.41) is 3.25. The minimum atomic E-state index is -0.442. The Kier molecular flexibility index (Phi) is 6.23. The number of rotatable bonds is 6. The lowest BCUT2D eigenvalue weighted by molar-refractivity contribution is -0.127. The van der Waals surface area contributed by atoms with Crippen LogP contribution in [0.1, 0.15) is 42.7 Å². The topological polar surface area (TPSA) is 57.6 Å². The third-order valence-corrected chi connectivity index (χ3v) is 6.10. The van der Waals surface area contributed by atoms with E-state index in [9.17, 15) is 9.59 Å². The van der Waals surface area contributed by atoms with Crippen LogP contribution in [0.15, 0.2) is 48.7 Å². The van der Waals surface area contributed by atoms with Crippen molar-refractivity contribution in [2.45, 2.75) is 51.9 Å². The molecule has 0 saturated carbocycles. The maximum Gasteiger partial charge on any atom is 0.271 e. The molecule has 0 radical (unpaired) electrons. The Morgan fingerprint density at radius 1 is 1.10 bits per heavy atom. The van der Waals surface area contributed by atoms with Gasteiger partial charge >= 0.3 is 0 Å². The lowest BCUT2D eigenvalue weighted by Crippen LogP contribution is -2.58. The van der Waals surface area contributed by atoms with Crippen LogP contribution in [-0.4, -0.2) is 57.9 Å². The summed E-state index contributed by atoms with van der Waals surface area (Å²) in [6.07, 6.45) is 3.78. The third-order valence-electron chi connectivity index (χ3n) is 6.10. The number of likely N-dealkylation sites (tertiary alicyclic amines) is 1. The van der Waals surface area contributed by atoms with Gasteiger partial charge in [-0.1, -0.05) is 44.2 Å². The molecule has 1 fully saturated rings. The van der Waals surface area contributed by atoms with E-state index in [0.29, 0.717) is 24.7 Å². The molecule has 1 atom stereocenters. The van der Waals surface area contributed by atoms with Crippen molar-refractivity contribution in [1.29, 1.82) is 0 Å². The zero-order valence-electron chi connectivity index (χ0n) is 18.0. The minimum absolute atomic E-state index is 0.0233. The molecule has 2 aliphatic heterocycles. The molecule has 30 heavy (non-hydrogen) atoms. The molecule has 6 nitrogen and oxygen atoms in total. The first-order chi connectivity index (χ1) is 14.5. The Morgan fingerprint density at radius 2 is 1.83 bits per heavy atom. The second-order valence-electron chi connectivity index (χ2n) is 8.96. The SMILES string of the molecule is CC(C)CN1C(=O)c2cccn2CC1C(=O)NC1CCN(Cc2ccccc2)CC1. The maximum absolute atomic E-state index is 13.2. The summed E-state index contributed by atoms with van der Waals surface area (Å²) in [5.74, 6) is 0.245. The van der Waals surface area contributed by atoms with Crippen molar-refractivity contribution in [2.75, 3.05) is 19.6 Å². The van der Waals surface area contributed by atoms with Gasteiger partial charge in [0.1, 0.15) is 11.7 Å². The Labute approximate surface area is 178 Å². The van der Waals surface area contributed by atoms with Crippen LogP contribution in [0.25, 0.3) is 0 Å². The second kappa shape index (κ2) is 9.04. The fourth-order valence-corrected chi connectivity index (χ4v) is 4.54. The monoisotopic (exact) mass is 408 g/mol. The van der Waals surface area contributed by atoms with Gasteiger partial charge in [0.25, 0.3) is 5.91 Å². The third kappa shape index (κ3) is 4.59. The molecule has 1 N–H and O–H groups in total. The van der Waals surface area contributed by atoms with Crippen molar-refractivity contribution in [3.05, 3.63) is 59.9 Å². The predicted molar refractivity (Wildman–Crippen MR) is 117 cm³/mol. The quantitative estimate of drug-likeness (QED) is 0.800. The van der Waals surface area contributed by atoms with E-state index in [2.05, 4.69) is 48.3 Å². The van der Waals surface area contributed by atoms with Crippen LogP contribution in [0.4, 0.5) is 0 Å². The van der Waals surface area contributed by atoms with Gasteiger partial charge in [0.2, 0.25) is 5.91 Å². The zero-order valence-corrected chi connectivity index (χ0v) is 18.0. The first-order valence-corrected chi connectivity index (χ1v) is 11.0. The van der Waals surface area contributed by atoms with E-state index >= 15 is 0 Å². The van der Waals surface area contributed by atoms with Gasteiger partial charge in [-0.25, -0.2) is 0 Å². The molecule has 0 aliphatic carbocycles. The second-order valence-corrected chi connectivity index (χ2v) is 8.96. The van der Waals surface area contributed by atoms with Crippen molar-refractivity contribution in [3.8, 4) is 0 Å². The number of fused-ring (bicyclic) bond motifs is 1. The maximum atomic E-state index is 13.2. The summed E-state index contributed by atoms with van der Waals surface area (Å²) in [7, 11) is 0. The fourth-order valence-electron chi connectivity index (χ4n) is 4.54.